The number of halogens is 1. The standard InChI is InChI=1S/C12H14ClN3O3/c1-2-14-5-11(17)15-8-4-10-9(3-7(8)13)16-12(18)6-19-10/h3-4,14H,2,5-6H2,1H3,(H,15,17)(H,16,18). The second kappa shape index (κ2) is 5.90. The molecule has 0 saturated heterocycles. The lowest BCUT2D eigenvalue weighted by Crippen LogP contribution is -2.28. The fraction of sp³-hybridized carbons (Fsp3) is 0.333. The molecule has 0 fully saturated rings. The summed E-state index contributed by atoms with van der Waals surface area (Å²) in [6.45, 7) is 2.79. The summed E-state index contributed by atoms with van der Waals surface area (Å²) in [7, 11) is 0. The SMILES string of the molecule is CCNCC(=O)Nc1cc2c(cc1Cl)NC(=O)CO2. The Hall–Kier alpha value is -1.79. The molecule has 1 aliphatic rings. The van der Waals surface area contributed by atoms with Crippen molar-refractivity contribution in [1.82, 2.24) is 5.32 Å². The number of amides is 2. The minimum atomic E-state index is -0.229. The number of likely N-dealkylation sites (N-methyl/N-ethyl adjacent to an activating group) is 1. The summed E-state index contributed by atoms with van der Waals surface area (Å²) in [6, 6.07) is 3.15. The van der Waals surface area contributed by atoms with Gasteiger partial charge in [-0.3, -0.25) is 9.59 Å². The number of hydrogen-bond acceptors (Lipinski definition) is 4. The number of hydrogen-bond donors (Lipinski definition) is 3. The van der Waals surface area contributed by atoms with Gasteiger partial charge >= 0.3 is 0 Å². The van der Waals surface area contributed by atoms with Crippen LogP contribution in [0, 0.1) is 0 Å². The van der Waals surface area contributed by atoms with Gasteiger partial charge in [0.2, 0.25) is 5.91 Å². The van der Waals surface area contributed by atoms with E-state index in [1.165, 1.54) is 0 Å². The molecule has 0 aliphatic carbocycles. The van der Waals surface area contributed by atoms with Gasteiger partial charge in [-0.05, 0) is 12.6 Å². The van der Waals surface area contributed by atoms with E-state index >= 15 is 0 Å². The van der Waals surface area contributed by atoms with E-state index in [1.54, 1.807) is 12.1 Å². The molecule has 0 aromatic heterocycles. The zero-order valence-electron chi connectivity index (χ0n) is 10.4. The Morgan fingerprint density at radius 2 is 2.32 bits per heavy atom. The summed E-state index contributed by atoms with van der Waals surface area (Å²) in [5, 5.41) is 8.58. The third-order valence-electron chi connectivity index (χ3n) is 2.51. The minimum Gasteiger partial charge on any atom is -0.482 e. The fourth-order valence-corrected chi connectivity index (χ4v) is 1.84. The number of benzene rings is 1. The highest BCUT2D eigenvalue weighted by molar-refractivity contribution is 6.34. The zero-order valence-corrected chi connectivity index (χ0v) is 11.1. The smallest absolute Gasteiger partial charge is 0.262 e. The molecule has 0 spiro atoms. The quantitative estimate of drug-likeness (QED) is 0.776. The molecule has 1 aliphatic heterocycles. The number of ether oxygens (including phenoxy) is 1. The first-order valence-electron chi connectivity index (χ1n) is 5.87. The molecule has 2 amide bonds. The highest BCUT2D eigenvalue weighted by Gasteiger charge is 2.18. The van der Waals surface area contributed by atoms with Crippen LogP contribution < -0.4 is 20.7 Å². The molecule has 2 rings (SSSR count). The van der Waals surface area contributed by atoms with Crippen molar-refractivity contribution in [1.29, 1.82) is 0 Å². The topological polar surface area (TPSA) is 79.5 Å². The summed E-state index contributed by atoms with van der Waals surface area (Å²) in [6.07, 6.45) is 0. The number of carbonyl (C=O) groups is 2. The van der Waals surface area contributed by atoms with Crippen LogP contribution in [0.1, 0.15) is 6.92 Å². The summed E-state index contributed by atoms with van der Waals surface area (Å²) in [4.78, 5) is 22.8. The predicted molar refractivity (Wildman–Crippen MR) is 72.8 cm³/mol. The number of rotatable bonds is 4. The number of fused-ring (bicyclic) bond motifs is 1. The fourth-order valence-electron chi connectivity index (χ4n) is 1.63. The van der Waals surface area contributed by atoms with Crippen LogP contribution in [0.3, 0.4) is 0 Å². The van der Waals surface area contributed by atoms with E-state index in [9.17, 15) is 9.59 Å². The van der Waals surface area contributed by atoms with E-state index in [2.05, 4.69) is 16.0 Å². The molecule has 1 aromatic rings. The second-order valence-electron chi connectivity index (χ2n) is 3.99. The Morgan fingerprint density at radius 3 is 3.05 bits per heavy atom. The van der Waals surface area contributed by atoms with Gasteiger partial charge in [0.05, 0.1) is 22.9 Å². The Kier molecular flexibility index (Phi) is 4.24. The average molecular weight is 284 g/mol. The number of carbonyl (C=O) groups excluding carboxylic acids is 2. The Morgan fingerprint density at radius 1 is 1.53 bits per heavy atom. The van der Waals surface area contributed by atoms with Crippen LogP contribution in [0.2, 0.25) is 5.02 Å². The Balaban J connectivity index is 2.14. The molecule has 0 atom stereocenters. The van der Waals surface area contributed by atoms with Gasteiger partial charge in [0.15, 0.2) is 6.61 Å². The zero-order chi connectivity index (χ0) is 13.8. The number of anilines is 2. The van der Waals surface area contributed by atoms with E-state index in [0.29, 0.717) is 28.7 Å². The molecular formula is C12H14ClN3O3. The third-order valence-corrected chi connectivity index (χ3v) is 2.82. The highest BCUT2D eigenvalue weighted by Crippen LogP contribution is 2.36. The van der Waals surface area contributed by atoms with Crippen LogP contribution in [0.15, 0.2) is 12.1 Å². The largest absolute Gasteiger partial charge is 0.482 e. The lowest BCUT2D eigenvalue weighted by molar-refractivity contribution is -0.118. The lowest BCUT2D eigenvalue weighted by atomic mass is 10.2. The molecule has 19 heavy (non-hydrogen) atoms. The normalized spacial score (nSPS) is 13.3. The average Bonchev–Trinajstić information content (AvgIpc) is 2.37. The summed E-state index contributed by atoms with van der Waals surface area (Å²) in [5.74, 6) is 0.0683. The van der Waals surface area contributed by atoms with Gasteiger partial charge in [0.25, 0.3) is 5.91 Å². The monoisotopic (exact) mass is 283 g/mol. The van der Waals surface area contributed by atoms with Crippen molar-refractivity contribution in [2.24, 2.45) is 0 Å². The van der Waals surface area contributed by atoms with Crippen molar-refractivity contribution >= 4 is 34.8 Å². The summed E-state index contributed by atoms with van der Waals surface area (Å²) >= 11 is 6.05. The van der Waals surface area contributed by atoms with Gasteiger partial charge in [-0.1, -0.05) is 18.5 Å². The molecular weight excluding hydrogens is 270 g/mol. The van der Waals surface area contributed by atoms with Crippen molar-refractivity contribution in [3.05, 3.63) is 17.2 Å². The Bertz CT molecular complexity index is 519. The van der Waals surface area contributed by atoms with Gasteiger partial charge in [0.1, 0.15) is 5.75 Å². The van der Waals surface area contributed by atoms with Gasteiger partial charge in [0, 0.05) is 6.07 Å². The van der Waals surface area contributed by atoms with E-state index in [1.807, 2.05) is 6.92 Å². The van der Waals surface area contributed by atoms with Gasteiger partial charge < -0.3 is 20.7 Å². The van der Waals surface area contributed by atoms with Crippen LogP contribution in [-0.4, -0.2) is 31.5 Å². The first kappa shape index (κ1) is 13.6. The molecule has 7 heteroatoms. The molecule has 0 saturated carbocycles. The third kappa shape index (κ3) is 3.36. The maximum absolute atomic E-state index is 11.6. The minimum absolute atomic E-state index is 0.0423. The lowest BCUT2D eigenvalue weighted by Gasteiger charge is -2.19. The summed E-state index contributed by atoms with van der Waals surface area (Å²) < 4.78 is 5.26. The molecule has 0 unspecified atom stereocenters. The van der Waals surface area contributed by atoms with Gasteiger partial charge in [-0.2, -0.15) is 0 Å². The maximum Gasteiger partial charge on any atom is 0.262 e. The van der Waals surface area contributed by atoms with Crippen molar-refractivity contribution < 1.29 is 14.3 Å². The van der Waals surface area contributed by atoms with Crippen LogP contribution in [-0.2, 0) is 9.59 Å². The van der Waals surface area contributed by atoms with Crippen LogP contribution in [0.4, 0.5) is 11.4 Å². The van der Waals surface area contributed by atoms with Gasteiger partial charge in [-0.15, -0.1) is 0 Å². The Labute approximate surface area is 115 Å². The molecule has 1 aromatic carbocycles. The molecule has 6 nitrogen and oxygen atoms in total. The van der Waals surface area contributed by atoms with Crippen LogP contribution in [0.25, 0.3) is 0 Å². The van der Waals surface area contributed by atoms with Crippen molar-refractivity contribution in [3.63, 3.8) is 0 Å². The molecule has 0 radical (unpaired) electrons. The van der Waals surface area contributed by atoms with Crippen molar-refractivity contribution in [2.45, 2.75) is 6.92 Å². The number of nitrogens with one attached hydrogen (secondary N) is 3. The second-order valence-corrected chi connectivity index (χ2v) is 4.40. The maximum atomic E-state index is 11.6. The van der Waals surface area contributed by atoms with Crippen LogP contribution in [0.5, 0.6) is 5.75 Å². The molecule has 1 heterocycles. The molecule has 102 valence electrons. The van der Waals surface area contributed by atoms with Gasteiger partial charge in [-0.25, -0.2) is 0 Å². The molecule has 3 N–H and O–H groups in total. The highest BCUT2D eigenvalue weighted by atomic mass is 35.5. The van der Waals surface area contributed by atoms with E-state index in [0.717, 1.165) is 0 Å². The molecule has 0 bridgehead atoms. The predicted octanol–water partition coefficient (Wildman–Crippen LogP) is 1.22. The first-order valence-corrected chi connectivity index (χ1v) is 6.24. The van der Waals surface area contributed by atoms with E-state index < -0.39 is 0 Å². The van der Waals surface area contributed by atoms with Crippen molar-refractivity contribution in [2.75, 3.05) is 30.3 Å². The van der Waals surface area contributed by atoms with Crippen LogP contribution >= 0.6 is 11.6 Å². The van der Waals surface area contributed by atoms with E-state index in [-0.39, 0.29) is 25.0 Å². The summed E-state index contributed by atoms with van der Waals surface area (Å²) in [5.41, 5.74) is 0.963. The first-order chi connectivity index (χ1) is 9.10. The van der Waals surface area contributed by atoms with E-state index in [4.69, 9.17) is 16.3 Å². The van der Waals surface area contributed by atoms with Crippen molar-refractivity contribution in [3.8, 4) is 5.75 Å².